The molecule has 36 heavy (non-hydrogen) atoms. The third kappa shape index (κ3) is 5.59. The summed E-state index contributed by atoms with van der Waals surface area (Å²) in [5.41, 5.74) is 1.40. The molecule has 0 aromatic heterocycles. The van der Waals surface area contributed by atoms with Crippen LogP contribution in [0, 0.1) is 23.3 Å². The maximum absolute atomic E-state index is 15.1. The maximum Gasteiger partial charge on any atom is 0.201 e. The molecule has 192 valence electrons. The molecule has 0 saturated carbocycles. The van der Waals surface area contributed by atoms with E-state index < -0.39 is 23.3 Å². The van der Waals surface area contributed by atoms with Crippen LogP contribution in [0.5, 0.6) is 5.75 Å². The largest absolute Gasteiger partial charge is 0.490 e. The van der Waals surface area contributed by atoms with E-state index in [0.717, 1.165) is 38.5 Å². The van der Waals surface area contributed by atoms with Gasteiger partial charge in [0, 0.05) is 17.0 Å². The van der Waals surface area contributed by atoms with E-state index in [0.29, 0.717) is 29.9 Å². The summed E-state index contributed by atoms with van der Waals surface area (Å²) >= 11 is 0. The number of hydrogen-bond acceptors (Lipinski definition) is 2. The SMILES string of the molecule is CCCCOc1ccc(-c2ccc(-c3ccc(C4CCC(CCC)OC4)c(F)c3F)cc2)c(F)c1F. The molecule has 1 aliphatic rings. The van der Waals surface area contributed by atoms with Crippen LogP contribution in [0.1, 0.15) is 63.9 Å². The molecule has 3 aromatic rings. The van der Waals surface area contributed by atoms with Crippen molar-refractivity contribution >= 4 is 0 Å². The van der Waals surface area contributed by atoms with Gasteiger partial charge in [0.05, 0.1) is 19.3 Å². The third-order valence-electron chi connectivity index (χ3n) is 6.84. The van der Waals surface area contributed by atoms with Crippen LogP contribution in [0.15, 0.2) is 48.5 Å². The van der Waals surface area contributed by atoms with Gasteiger partial charge in [-0.25, -0.2) is 13.2 Å². The van der Waals surface area contributed by atoms with E-state index in [9.17, 15) is 8.78 Å². The highest BCUT2D eigenvalue weighted by Crippen LogP contribution is 2.36. The summed E-state index contributed by atoms with van der Waals surface area (Å²) in [5, 5.41) is 0. The lowest BCUT2D eigenvalue weighted by molar-refractivity contribution is -0.00181. The van der Waals surface area contributed by atoms with E-state index in [1.165, 1.54) is 12.1 Å². The van der Waals surface area contributed by atoms with Crippen LogP contribution >= 0.6 is 0 Å². The molecule has 1 saturated heterocycles. The minimum Gasteiger partial charge on any atom is -0.490 e. The van der Waals surface area contributed by atoms with Crippen LogP contribution in [0.25, 0.3) is 22.3 Å². The molecule has 0 radical (unpaired) electrons. The van der Waals surface area contributed by atoms with E-state index in [1.807, 2.05) is 6.92 Å². The van der Waals surface area contributed by atoms with Crippen molar-refractivity contribution in [3.63, 3.8) is 0 Å². The van der Waals surface area contributed by atoms with Crippen molar-refractivity contribution in [2.45, 2.75) is 64.4 Å². The minimum atomic E-state index is -1.04. The Bertz CT molecular complexity index is 1170. The molecule has 0 spiro atoms. The fraction of sp³-hybridized carbons (Fsp3) is 0.400. The zero-order valence-corrected chi connectivity index (χ0v) is 20.8. The summed E-state index contributed by atoms with van der Waals surface area (Å²) in [6, 6.07) is 12.4. The topological polar surface area (TPSA) is 18.5 Å². The Hall–Kier alpha value is -2.86. The number of rotatable bonds is 9. The molecule has 2 nitrogen and oxygen atoms in total. The van der Waals surface area contributed by atoms with Gasteiger partial charge in [0.1, 0.15) is 0 Å². The molecule has 2 atom stereocenters. The number of ether oxygens (including phenoxy) is 2. The highest BCUT2D eigenvalue weighted by Gasteiger charge is 2.27. The summed E-state index contributed by atoms with van der Waals surface area (Å²) < 4.78 is 70.5. The Labute approximate surface area is 210 Å². The molecule has 4 rings (SSSR count). The Balaban J connectivity index is 1.52. The van der Waals surface area contributed by atoms with Crippen LogP contribution < -0.4 is 4.74 Å². The van der Waals surface area contributed by atoms with Gasteiger partial charge in [0.25, 0.3) is 0 Å². The summed E-state index contributed by atoms with van der Waals surface area (Å²) in [6.07, 6.45) is 5.44. The van der Waals surface area contributed by atoms with Crippen LogP contribution in [-0.4, -0.2) is 19.3 Å². The summed E-state index contributed by atoms with van der Waals surface area (Å²) in [7, 11) is 0. The van der Waals surface area contributed by atoms with Gasteiger partial charge in [0.15, 0.2) is 23.2 Å². The lowest BCUT2D eigenvalue weighted by atomic mass is 9.88. The van der Waals surface area contributed by atoms with E-state index in [4.69, 9.17) is 9.47 Å². The predicted molar refractivity (Wildman–Crippen MR) is 134 cm³/mol. The molecule has 0 amide bonds. The quantitative estimate of drug-likeness (QED) is 0.216. The van der Waals surface area contributed by atoms with Gasteiger partial charge < -0.3 is 9.47 Å². The van der Waals surface area contributed by atoms with Crippen LogP contribution in [0.4, 0.5) is 17.6 Å². The summed E-state index contributed by atoms with van der Waals surface area (Å²) in [5.74, 6) is -4.11. The van der Waals surface area contributed by atoms with Crippen molar-refractivity contribution in [2.24, 2.45) is 0 Å². The zero-order chi connectivity index (χ0) is 25.7. The third-order valence-corrected chi connectivity index (χ3v) is 6.84. The van der Waals surface area contributed by atoms with Gasteiger partial charge >= 0.3 is 0 Å². The Morgan fingerprint density at radius 3 is 1.97 bits per heavy atom. The van der Waals surface area contributed by atoms with Gasteiger partial charge in [-0.3, -0.25) is 0 Å². The lowest BCUT2D eigenvalue weighted by Crippen LogP contribution is -2.25. The smallest absolute Gasteiger partial charge is 0.201 e. The first-order valence-electron chi connectivity index (χ1n) is 12.8. The van der Waals surface area contributed by atoms with Crippen molar-refractivity contribution in [2.75, 3.05) is 13.2 Å². The van der Waals surface area contributed by atoms with Crippen molar-refractivity contribution < 1.29 is 27.0 Å². The average Bonchev–Trinajstić information content (AvgIpc) is 2.89. The molecule has 0 N–H and O–H groups in total. The molecular weight excluding hydrogens is 468 g/mol. The number of benzene rings is 3. The number of halogens is 4. The molecule has 1 fully saturated rings. The molecular formula is C30H32F4O2. The lowest BCUT2D eigenvalue weighted by Gasteiger charge is -2.29. The first-order chi connectivity index (χ1) is 17.4. The Morgan fingerprint density at radius 2 is 1.39 bits per heavy atom. The molecule has 1 aliphatic heterocycles. The summed E-state index contributed by atoms with van der Waals surface area (Å²) in [4.78, 5) is 0. The second-order valence-corrected chi connectivity index (χ2v) is 9.37. The Morgan fingerprint density at radius 1 is 0.750 bits per heavy atom. The molecule has 0 bridgehead atoms. The molecule has 2 unspecified atom stereocenters. The second-order valence-electron chi connectivity index (χ2n) is 9.37. The van der Waals surface area contributed by atoms with Crippen molar-refractivity contribution in [3.8, 4) is 28.0 Å². The monoisotopic (exact) mass is 500 g/mol. The van der Waals surface area contributed by atoms with Gasteiger partial charge in [-0.05, 0) is 54.5 Å². The van der Waals surface area contributed by atoms with Crippen LogP contribution in [0.3, 0.4) is 0 Å². The first kappa shape index (κ1) is 26.2. The van der Waals surface area contributed by atoms with Gasteiger partial charge in [0.2, 0.25) is 5.82 Å². The number of unbranched alkanes of at least 4 members (excludes halogenated alkanes) is 1. The Kier molecular flexibility index (Phi) is 8.68. The molecule has 3 aromatic carbocycles. The van der Waals surface area contributed by atoms with Crippen molar-refractivity contribution in [1.29, 1.82) is 0 Å². The highest BCUT2D eigenvalue weighted by molar-refractivity contribution is 5.71. The molecule has 6 heteroatoms. The van der Waals surface area contributed by atoms with Crippen molar-refractivity contribution in [3.05, 3.63) is 77.4 Å². The van der Waals surface area contributed by atoms with Crippen molar-refractivity contribution in [1.82, 2.24) is 0 Å². The fourth-order valence-corrected chi connectivity index (χ4v) is 4.73. The van der Waals surface area contributed by atoms with E-state index >= 15 is 8.78 Å². The van der Waals surface area contributed by atoms with E-state index in [2.05, 4.69) is 6.92 Å². The zero-order valence-electron chi connectivity index (χ0n) is 20.8. The van der Waals surface area contributed by atoms with E-state index in [-0.39, 0.29) is 28.9 Å². The minimum absolute atomic E-state index is 0.0718. The first-order valence-corrected chi connectivity index (χ1v) is 12.8. The second kappa shape index (κ2) is 11.9. The van der Waals surface area contributed by atoms with E-state index in [1.54, 1.807) is 36.4 Å². The van der Waals surface area contributed by atoms with Crippen LogP contribution in [0.2, 0.25) is 0 Å². The predicted octanol–water partition coefficient (Wildman–Crippen LogP) is 8.82. The normalized spacial score (nSPS) is 17.8. The van der Waals surface area contributed by atoms with Gasteiger partial charge in [-0.15, -0.1) is 0 Å². The fourth-order valence-electron chi connectivity index (χ4n) is 4.73. The van der Waals surface area contributed by atoms with Crippen LogP contribution in [-0.2, 0) is 4.74 Å². The number of hydrogen-bond donors (Lipinski definition) is 0. The molecule has 0 aliphatic carbocycles. The summed E-state index contributed by atoms with van der Waals surface area (Å²) in [6.45, 7) is 4.79. The molecule has 1 heterocycles. The van der Waals surface area contributed by atoms with Gasteiger partial charge in [-0.2, -0.15) is 4.39 Å². The standard InChI is InChI=1S/C30H32F4O2/c1-3-5-17-35-26-16-15-24(29(33)30(26)34)20-9-7-19(8-10-20)23-13-14-25(28(32)27(23)31)21-11-12-22(6-4-2)36-18-21/h7-10,13-16,21-22H,3-6,11-12,17-18H2,1-2H3. The average molecular weight is 501 g/mol. The maximum atomic E-state index is 15.1. The highest BCUT2D eigenvalue weighted by atomic mass is 19.2. The van der Waals surface area contributed by atoms with Gasteiger partial charge in [-0.1, -0.05) is 63.1 Å².